The number of ether oxygens (including phenoxy) is 1. The van der Waals surface area contributed by atoms with Crippen LogP contribution in [0.1, 0.15) is 97.8 Å². The van der Waals surface area contributed by atoms with E-state index in [0.717, 1.165) is 44.6 Å². The van der Waals surface area contributed by atoms with Gasteiger partial charge in [-0.25, -0.2) is 4.99 Å². The van der Waals surface area contributed by atoms with Crippen LogP contribution in [0.4, 0.5) is 0 Å². The fourth-order valence-corrected chi connectivity index (χ4v) is 2.98. The molecular formula is C24H41NO. The minimum absolute atomic E-state index is 0.0148. The maximum Gasteiger partial charge on any atom is 0.183 e. The van der Waals surface area contributed by atoms with Crippen molar-refractivity contribution in [1.82, 2.24) is 0 Å². The first-order valence-electron chi connectivity index (χ1n) is 10.8. The molecule has 0 aromatic carbocycles. The van der Waals surface area contributed by atoms with Gasteiger partial charge in [-0.1, -0.05) is 75.5 Å². The quantitative estimate of drug-likeness (QED) is 0.218. The highest BCUT2D eigenvalue weighted by Gasteiger charge is 2.25. The van der Waals surface area contributed by atoms with Crippen molar-refractivity contribution >= 4 is 5.90 Å². The van der Waals surface area contributed by atoms with Crippen LogP contribution in [0.15, 0.2) is 41.4 Å². The van der Waals surface area contributed by atoms with Crippen LogP contribution >= 0.6 is 0 Å². The van der Waals surface area contributed by atoms with Crippen LogP contribution in [-0.4, -0.2) is 18.0 Å². The number of nitrogens with zero attached hydrogens (tertiary/aromatic N) is 1. The zero-order valence-corrected chi connectivity index (χ0v) is 17.5. The van der Waals surface area contributed by atoms with Gasteiger partial charge in [0.25, 0.3) is 0 Å². The average molecular weight is 360 g/mol. The zero-order valence-electron chi connectivity index (χ0n) is 17.5. The topological polar surface area (TPSA) is 21.6 Å². The van der Waals surface area contributed by atoms with Gasteiger partial charge in [-0.05, 0) is 52.4 Å². The van der Waals surface area contributed by atoms with Gasteiger partial charge in [-0.2, -0.15) is 0 Å². The molecule has 1 rings (SSSR count). The second kappa shape index (κ2) is 14.8. The molecule has 0 aromatic heterocycles. The van der Waals surface area contributed by atoms with E-state index in [1.54, 1.807) is 0 Å². The molecule has 0 bridgehead atoms. The molecule has 0 atom stereocenters. The first kappa shape index (κ1) is 22.7. The molecule has 0 aromatic rings. The zero-order chi connectivity index (χ0) is 18.9. The van der Waals surface area contributed by atoms with Gasteiger partial charge in [-0.15, -0.1) is 0 Å². The molecule has 1 aliphatic rings. The molecule has 0 radical (unpaired) electrons. The van der Waals surface area contributed by atoms with Crippen molar-refractivity contribution < 1.29 is 4.74 Å². The molecule has 0 spiro atoms. The van der Waals surface area contributed by atoms with E-state index in [1.807, 2.05) is 0 Å². The number of unbranched alkanes of at least 4 members (excludes halogenated alkanes) is 7. The molecule has 0 N–H and O–H groups in total. The predicted molar refractivity (Wildman–Crippen MR) is 116 cm³/mol. The second-order valence-corrected chi connectivity index (χ2v) is 7.94. The minimum Gasteiger partial charge on any atom is -0.478 e. The van der Waals surface area contributed by atoms with Crippen molar-refractivity contribution in [1.29, 1.82) is 0 Å². The molecule has 26 heavy (non-hydrogen) atoms. The molecule has 1 heterocycles. The molecule has 0 amide bonds. The Hall–Kier alpha value is -1.31. The lowest BCUT2D eigenvalue weighted by molar-refractivity contribution is 0.273. The summed E-state index contributed by atoms with van der Waals surface area (Å²) in [5, 5.41) is 0. The largest absolute Gasteiger partial charge is 0.478 e. The van der Waals surface area contributed by atoms with Crippen LogP contribution in [0, 0.1) is 0 Å². The summed E-state index contributed by atoms with van der Waals surface area (Å²) in [5.41, 5.74) is -0.0148. The third-order valence-corrected chi connectivity index (χ3v) is 4.55. The van der Waals surface area contributed by atoms with Crippen molar-refractivity contribution in [2.24, 2.45) is 4.99 Å². The first-order chi connectivity index (χ1) is 12.6. The van der Waals surface area contributed by atoms with E-state index in [1.165, 1.54) is 44.9 Å². The number of allylic oxidation sites excluding steroid dienone is 6. The molecule has 0 saturated carbocycles. The summed E-state index contributed by atoms with van der Waals surface area (Å²) >= 11 is 0. The van der Waals surface area contributed by atoms with Crippen molar-refractivity contribution in [3.05, 3.63) is 36.5 Å². The lowest BCUT2D eigenvalue weighted by atomic mass is 10.1. The summed E-state index contributed by atoms with van der Waals surface area (Å²) in [6.07, 6.45) is 28.6. The minimum atomic E-state index is -0.0148. The van der Waals surface area contributed by atoms with E-state index in [2.05, 4.69) is 62.2 Å². The molecule has 1 aliphatic heterocycles. The van der Waals surface area contributed by atoms with Gasteiger partial charge in [0.15, 0.2) is 5.90 Å². The fraction of sp³-hybridized carbons (Fsp3) is 0.708. The SMILES string of the molecule is CCCCCCCC/C=C\C/C=C\C/C=C\CCCC1=NC(C)(C)CO1. The molecule has 0 aliphatic carbocycles. The smallest absolute Gasteiger partial charge is 0.183 e. The Bertz CT molecular complexity index is 457. The highest BCUT2D eigenvalue weighted by Crippen LogP contribution is 2.19. The molecule has 148 valence electrons. The van der Waals surface area contributed by atoms with Gasteiger partial charge < -0.3 is 4.74 Å². The molecule has 0 unspecified atom stereocenters. The van der Waals surface area contributed by atoms with E-state index in [-0.39, 0.29) is 5.54 Å². The second-order valence-electron chi connectivity index (χ2n) is 7.94. The third-order valence-electron chi connectivity index (χ3n) is 4.55. The van der Waals surface area contributed by atoms with Crippen molar-refractivity contribution in [3.63, 3.8) is 0 Å². The molecule has 0 fully saturated rings. The summed E-state index contributed by atoms with van der Waals surface area (Å²) in [4.78, 5) is 4.58. The summed E-state index contributed by atoms with van der Waals surface area (Å²) in [6, 6.07) is 0. The van der Waals surface area contributed by atoms with Gasteiger partial charge in [0.05, 0.1) is 5.54 Å². The van der Waals surface area contributed by atoms with Crippen LogP contribution in [0.2, 0.25) is 0 Å². The summed E-state index contributed by atoms with van der Waals surface area (Å²) in [5.74, 6) is 0.941. The van der Waals surface area contributed by atoms with Crippen LogP contribution in [0.25, 0.3) is 0 Å². The van der Waals surface area contributed by atoms with Crippen molar-refractivity contribution in [2.75, 3.05) is 6.61 Å². The Morgan fingerprint density at radius 1 is 0.808 bits per heavy atom. The van der Waals surface area contributed by atoms with E-state index < -0.39 is 0 Å². The third kappa shape index (κ3) is 13.0. The van der Waals surface area contributed by atoms with E-state index in [4.69, 9.17) is 4.74 Å². The average Bonchev–Trinajstić information content (AvgIpc) is 2.96. The number of rotatable bonds is 15. The lowest BCUT2D eigenvalue weighted by Crippen LogP contribution is -2.17. The molecular weight excluding hydrogens is 318 g/mol. The van der Waals surface area contributed by atoms with Gasteiger partial charge in [0, 0.05) is 6.42 Å². The summed E-state index contributed by atoms with van der Waals surface area (Å²) in [7, 11) is 0. The molecule has 0 saturated heterocycles. The predicted octanol–water partition coefficient (Wildman–Crippen LogP) is 7.56. The monoisotopic (exact) mass is 359 g/mol. The Kier molecular flexibility index (Phi) is 13.0. The fourth-order valence-electron chi connectivity index (χ4n) is 2.98. The molecule has 2 nitrogen and oxygen atoms in total. The van der Waals surface area contributed by atoms with Gasteiger partial charge in [-0.3, -0.25) is 0 Å². The summed E-state index contributed by atoms with van der Waals surface area (Å²) < 4.78 is 5.61. The van der Waals surface area contributed by atoms with E-state index >= 15 is 0 Å². The van der Waals surface area contributed by atoms with Crippen LogP contribution < -0.4 is 0 Å². The number of aliphatic imine (C=N–C) groups is 1. The Balaban J connectivity index is 1.89. The van der Waals surface area contributed by atoms with Crippen LogP contribution in [0.5, 0.6) is 0 Å². The first-order valence-corrected chi connectivity index (χ1v) is 10.8. The van der Waals surface area contributed by atoms with Crippen molar-refractivity contribution in [3.8, 4) is 0 Å². The van der Waals surface area contributed by atoms with Crippen molar-refractivity contribution in [2.45, 2.75) is 103 Å². The van der Waals surface area contributed by atoms with Gasteiger partial charge >= 0.3 is 0 Å². The molecule has 2 heteroatoms. The summed E-state index contributed by atoms with van der Waals surface area (Å²) in [6.45, 7) is 7.25. The van der Waals surface area contributed by atoms with E-state index in [9.17, 15) is 0 Å². The van der Waals surface area contributed by atoms with Crippen LogP contribution in [-0.2, 0) is 4.74 Å². The maximum atomic E-state index is 5.61. The maximum absolute atomic E-state index is 5.61. The lowest BCUT2D eigenvalue weighted by Gasteiger charge is -2.07. The highest BCUT2D eigenvalue weighted by molar-refractivity contribution is 5.78. The number of hydrogen-bond acceptors (Lipinski definition) is 2. The van der Waals surface area contributed by atoms with E-state index in [0.29, 0.717) is 0 Å². The van der Waals surface area contributed by atoms with Crippen LogP contribution in [0.3, 0.4) is 0 Å². The Morgan fingerprint density at radius 3 is 2.00 bits per heavy atom. The normalized spacial score (nSPS) is 16.8. The Morgan fingerprint density at radius 2 is 1.38 bits per heavy atom. The number of hydrogen-bond donors (Lipinski definition) is 0. The van der Waals surface area contributed by atoms with Gasteiger partial charge in [0.2, 0.25) is 0 Å². The standard InChI is InChI=1S/C24H41NO/c1-4-5-6-7-8-9-10-11-12-13-14-15-16-17-18-19-20-21-23-25-24(2,3)22-26-23/h11-12,14-15,17-18H,4-10,13,16,19-22H2,1-3H3/b12-11-,15-14-,18-17-. The Labute approximate surface area is 162 Å². The highest BCUT2D eigenvalue weighted by atomic mass is 16.5. The van der Waals surface area contributed by atoms with Gasteiger partial charge in [0.1, 0.15) is 6.61 Å².